The van der Waals surface area contributed by atoms with E-state index in [2.05, 4.69) is 16.5 Å². The highest BCUT2D eigenvalue weighted by atomic mass is 19.4. The van der Waals surface area contributed by atoms with Crippen molar-refractivity contribution in [2.45, 2.75) is 75.9 Å². The van der Waals surface area contributed by atoms with Gasteiger partial charge in [-0.2, -0.15) is 23.5 Å². The van der Waals surface area contributed by atoms with E-state index in [4.69, 9.17) is 15.7 Å². The third-order valence-corrected chi connectivity index (χ3v) is 7.28. The molecule has 0 unspecified atom stereocenters. The molecule has 2 heterocycles. The number of nitrogens with two attached hydrogens (primary N) is 1. The number of anilines is 1. The van der Waals surface area contributed by atoms with Crippen molar-refractivity contribution in [2.24, 2.45) is 11.7 Å². The van der Waals surface area contributed by atoms with Crippen molar-refractivity contribution in [3.8, 4) is 6.07 Å². The van der Waals surface area contributed by atoms with Gasteiger partial charge in [-0.05, 0) is 44.1 Å². The number of alkyl halides is 3. The Morgan fingerprint density at radius 1 is 1.21 bits per heavy atom. The maximum absolute atomic E-state index is 14.1. The minimum atomic E-state index is -4.52. The highest BCUT2D eigenvalue weighted by Crippen LogP contribution is 2.43. The fraction of sp³-hybridized carbons (Fsp3) is 0.556. The molecule has 1 aromatic carbocycles. The van der Waals surface area contributed by atoms with Crippen LogP contribution in [-0.4, -0.2) is 57.4 Å². The first-order valence-electron chi connectivity index (χ1n) is 13.2. The van der Waals surface area contributed by atoms with Gasteiger partial charge < -0.3 is 15.8 Å². The first-order chi connectivity index (χ1) is 18.6. The quantitative estimate of drug-likeness (QED) is 0.345. The summed E-state index contributed by atoms with van der Waals surface area (Å²) in [7, 11) is 0. The summed E-state index contributed by atoms with van der Waals surface area (Å²) in [6.07, 6.45) is 1.17. The summed E-state index contributed by atoms with van der Waals surface area (Å²) in [5.74, 6) is -0.845. The predicted molar refractivity (Wildman–Crippen MR) is 136 cm³/mol. The second kappa shape index (κ2) is 12.2. The number of aryl methyl sites for hydroxylation is 1. The number of ether oxygens (including phenoxy) is 1. The number of carbonyl (C=O) groups excluding carboxylic acids is 2. The second-order valence-electron chi connectivity index (χ2n) is 10.3. The van der Waals surface area contributed by atoms with Crippen LogP contribution in [0.15, 0.2) is 36.5 Å². The molecule has 0 bridgehead atoms. The lowest BCUT2D eigenvalue weighted by atomic mass is 9.88. The number of amides is 2. The molecule has 1 aliphatic carbocycles. The second-order valence-corrected chi connectivity index (χ2v) is 10.3. The van der Waals surface area contributed by atoms with Gasteiger partial charge in [-0.25, -0.2) is 0 Å². The molecule has 1 saturated carbocycles. The molecule has 1 aromatic heterocycles. The number of aromatic nitrogens is 2. The molecule has 1 saturated heterocycles. The lowest BCUT2D eigenvalue weighted by Crippen LogP contribution is -2.72. The first kappa shape index (κ1) is 28.6. The van der Waals surface area contributed by atoms with Gasteiger partial charge >= 0.3 is 6.18 Å². The summed E-state index contributed by atoms with van der Waals surface area (Å²) < 4.78 is 49.2. The smallest absolute Gasteiger partial charge is 0.365 e. The van der Waals surface area contributed by atoms with Crippen molar-refractivity contribution in [1.29, 1.82) is 5.26 Å². The number of unbranched alkanes of at least 4 members (excludes halogenated alkanes) is 1. The number of halogens is 3. The first-order valence-corrected chi connectivity index (χ1v) is 13.2. The van der Waals surface area contributed by atoms with Crippen LogP contribution in [0.5, 0.6) is 0 Å². The van der Waals surface area contributed by atoms with Crippen LogP contribution in [0.3, 0.4) is 0 Å². The Labute approximate surface area is 225 Å². The number of primary amides is 1. The number of rotatable bonds is 14. The fourth-order valence-electron chi connectivity index (χ4n) is 4.80. The van der Waals surface area contributed by atoms with Gasteiger partial charge in [-0.15, -0.1) is 0 Å². The Morgan fingerprint density at radius 3 is 2.51 bits per heavy atom. The maximum Gasteiger partial charge on any atom is 0.419 e. The van der Waals surface area contributed by atoms with E-state index in [9.17, 15) is 22.8 Å². The highest BCUT2D eigenvalue weighted by molar-refractivity contribution is 6.02. The molecule has 0 spiro atoms. The number of likely N-dealkylation sites (tertiary alicyclic amines) is 1. The van der Waals surface area contributed by atoms with Crippen LogP contribution in [0.25, 0.3) is 0 Å². The molecule has 4 rings (SSSR count). The molecule has 12 heteroatoms. The number of benzene rings is 1. The molecule has 9 nitrogen and oxygen atoms in total. The van der Waals surface area contributed by atoms with E-state index in [0.717, 1.165) is 12.8 Å². The minimum absolute atomic E-state index is 0.0675. The number of carbonyl (C=O) groups is 2. The number of nitrogens with zero attached hydrogens (tertiary/aromatic N) is 4. The molecule has 3 N–H and O–H groups in total. The van der Waals surface area contributed by atoms with E-state index in [1.165, 1.54) is 10.9 Å². The summed E-state index contributed by atoms with van der Waals surface area (Å²) in [4.78, 5) is 25.7. The monoisotopic (exact) mass is 546 g/mol. The van der Waals surface area contributed by atoms with Crippen LogP contribution in [0, 0.1) is 17.2 Å². The van der Waals surface area contributed by atoms with Gasteiger partial charge in [-0.3, -0.25) is 19.2 Å². The lowest BCUT2D eigenvalue weighted by Gasteiger charge is -2.53. The van der Waals surface area contributed by atoms with Crippen LogP contribution < -0.4 is 11.1 Å². The molecule has 2 amide bonds. The van der Waals surface area contributed by atoms with Crippen LogP contribution in [0.2, 0.25) is 0 Å². The van der Waals surface area contributed by atoms with Gasteiger partial charge in [0, 0.05) is 44.2 Å². The maximum atomic E-state index is 14.1. The molecule has 2 fully saturated rings. The van der Waals surface area contributed by atoms with Crippen molar-refractivity contribution in [1.82, 2.24) is 14.7 Å². The molecule has 2 aromatic rings. The van der Waals surface area contributed by atoms with Gasteiger partial charge in [0.1, 0.15) is 5.56 Å². The topological polar surface area (TPSA) is 126 Å². The van der Waals surface area contributed by atoms with Crippen LogP contribution >= 0.6 is 0 Å². The SMILES string of the molecule is N#CCCC[C@H](CCCn1cc(C(N)=O)c(NC(=O)C2CC2)n1)N1CC(OCc2ccccc2)(C(F)(F)F)C1. The Balaban J connectivity index is 1.36. The molecule has 1 atom stereocenters. The minimum Gasteiger partial charge on any atom is -0.365 e. The van der Waals surface area contributed by atoms with Crippen LogP contribution in [0.1, 0.15) is 60.9 Å². The zero-order chi connectivity index (χ0) is 28.0. The van der Waals surface area contributed by atoms with Gasteiger partial charge in [0.2, 0.25) is 5.91 Å². The number of hydrogen-bond acceptors (Lipinski definition) is 6. The standard InChI is InChI=1S/C27H33F3N6O3/c28-27(29,30)26(39-16-19-7-2-1-3-8-19)17-35(18-26)21(9-4-5-13-31)10-6-14-36-15-22(23(32)37)24(34-36)33-25(38)20-11-12-20/h1-3,7-8,15,20-21H,4-6,9-12,14,16-18H2,(H2,32,37)(H,33,34,38)/t21-/m1/s1. The zero-order valence-corrected chi connectivity index (χ0v) is 21.6. The average molecular weight is 547 g/mol. The van der Waals surface area contributed by atoms with Crippen molar-refractivity contribution in [3.05, 3.63) is 47.7 Å². The van der Waals surface area contributed by atoms with Gasteiger partial charge in [0.25, 0.3) is 5.91 Å². The Hall–Kier alpha value is -3.43. The largest absolute Gasteiger partial charge is 0.419 e. The molecule has 210 valence electrons. The van der Waals surface area contributed by atoms with E-state index >= 15 is 0 Å². The average Bonchev–Trinajstić information content (AvgIpc) is 3.64. The predicted octanol–water partition coefficient (Wildman–Crippen LogP) is 4.01. The van der Waals surface area contributed by atoms with Gasteiger partial charge in [0.15, 0.2) is 11.4 Å². The Bertz CT molecular complexity index is 1180. The summed E-state index contributed by atoms with van der Waals surface area (Å²) >= 11 is 0. The molecule has 1 aliphatic heterocycles. The number of nitrogens with one attached hydrogen (secondary N) is 1. The number of hydrogen-bond donors (Lipinski definition) is 2. The zero-order valence-electron chi connectivity index (χ0n) is 21.6. The molecule has 0 radical (unpaired) electrons. The van der Waals surface area contributed by atoms with E-state index in [0.29, 0.717) is 44.2 Å². The summed E-state index contributed by atoms with van der Waals surface area (Å²) in [5.41, 5.74) is 4.00. The number of nitriles is 1. The summed E-state index contributed by atoms with van der Waals surface area (Å²) in [5, 5.41) is 15.9. The van der Waals surface area contributed by atoms with E-state index in [1.54, 1.807) is 35.2 Å². The third-order valence-electron chi connectivity index (χ3n) is 7.28. The molecular formula is C27H33F3N6O3. The summed E-state index contributed by atoms with van der Waals surface area (Å²) in [6, 6.07) is 10.7. The van der Waals surface area contributed by atoms with Crippen molar-refractivity contribution >= 4 is 17.6 Å². The van der Waals surface area contributed by atoms with Crippen LogP contribution in [-0.2, 0) is 22.7 Å². The summed E-state index contributed by atoms with van der Waals surface area (Å²) in [6.45, 7) is -0.289. The van der Waals surface area contributed by atoms with Gasteiger partial charge in [-0.1, -0.05) is 30.3 Å². The van der Waals surface area contributed by atoms with E-state index in [-0.39, 0.29) is 48.9 Å². The van der Waals surface area contributed by atoms with Crippen molar-refractivity contribution in [3.63, 3.8) is 0 Å². The van der Waals surface area contributed by atoms with Gasteiger partial charge in [0.05, 0.1) is 12.7 Å². The van der Waals surface area contributed by atoms with Crippen LogP contribution in [0.4, 0.5) is 19.0 Å². The molecule has 39 heavy (non-hydrogen) atoms. The van der Waals surface area contributed by atoms with Crippen molar-refractivity contribution in [2.75, 3.05) is 18.4 Å². The lowest BCUT2D eigenvalue weighted by molar-refractivity contribution is -0.326. The van der Waals surface area contributed by atoms with Crippen molar-refractivity contribution < 1.29 is 27.5 Å². The highest BCUT2D eigenvalue weighted by Gasteiger charge is 2.63. The third kappa shape index (κ3) is 7.16. The normalized spacial score (nSPS) is 17.7. The molecular weight excluding hydrogens is 513 g/mol. The van der Waals surface area contributed by atoms with E-state index in [1.807, 2.05) is 0 Å². The molecule has 2 aliphatic rings. The Morgan fingerprint density at radius 2 is 1.90 bits per heavy atom. The van der Waals surface area contributed by atoms with E-state index < -0.39 is 17.7 Å². The fourth-order valence-corrected chi connectivity index (χ4v) is 4.80. The Kier molecular flexibility index (Phi) is 8.92.